The van der Waals surface area contributed by atoms with E-state index in [0.717, 1.165) is 5.56 Å². The molecule has 1 aromatic rings. The molecule has 0 bridgehead atoms. The van der Waals surface area contributed by atoms with Crippen LogP contribution in [0.4, 0.5) is 0 Å². The Morgan fingerprint density at radius 1 is 1.26 bits per heavy atom. The molecule has 0 aliphatic carbocycles. The second kappa shape index (κ2) is 6.99. The van der Waals surface area contributed by atoms with Crippen LogP contribution in [0.25, 0.3) is 0 Å². The number of ether oxygens (including phenoxy) is 2. The van der Waals surface area contributed by atoms with Crippen LogP contribution in [-0.4, -0.2) is 26.7 Å². The third-order valence-electron chi connectivity index (χ3n) is 3.07. The normalized spacial score (nSPS) is 13.5. The van der Waals surface area contributed by atoms with Crippen molar-refractivity contribution in [2.75, 3.05) is 20.8 Å². The van der Waals surface area contributed by atoms with Gasteiger partial charge in [-0.3, -0.25) is 4.79 Å². The maximum absolute atomic E-state index is 11.8. The van der Waals surface area contributed by atoms with Crippen LogP contribution < -0.4 is 20.5 Å². The van der Waals surface area contributed by atoms with Crippen LogP contribution in [0.5, 0.6) is 11.5 Å². The summed E-state index contributed by atoms with van der Waals surface area (Å²) < 4.78 is 10.4. The zero-order valence-electron chi connectivity index (χ0n) is 11.9. The van der Waals surface area contributed by atoms with Gasteiger partial charge in [-0.1, -0.05) is 13.0 Å². The van der Waals surface area contributed by atoms with Gasteiger partial charge in [0.15, 0.2) is 11.5 Å². The average Bonchev–Trinajstić information content (AvgIpc) is 2.45. The standard InChI is InChI=1S/C14H22N2O3/c1-9(8-15)14(17)16-10(2)11-5-6-12(18-3)13(7-11)19-4/h5-7,9-10H,8,15H2,1-4H3,(H,16,17). The van der Waals surface area contributed by atoms with Gasteiger partial charge in [-0.15, -0.1) is 0 Å². The van der Waals surface area contributed by atoms with Crippen molar-refractivity contribution in [2.45, 2.75) is 19.9 Å². The van der Waals surface area contributed by atoms with Crippen LogP contribution in [0.1, 0.15) is 25.5 Å². The summed E-state index contributed by atoms with van der Waals surface area (Å²) in [5.41, 5.74) is 6.43. The van der Waals surface area contributed by atoms with Gasteiger partial charge in [0.2, 0.25) is 5.91 Å². The Hall–Kier alpha value is -1.75. The number of rotatable bonds is 6. The molecule has 1 aromatic carbocycles. The van der Waals surface area contributed by atoms with Gasteiger partial charge in [-0.05, 0) is 24.6 Å². The number of methoxy groups -OCH3 is 2. The van der Waals surface area contributed by atoms with Gasteiger partial charge in [-0.25, -0.2) is 0 Å². The molecule has 19 heavy (non-hydrogen) atoms. The Balaban J connectivity index is 2.82. The van der Waals surface area contributed by atoms with Crippen molar-refractivity contribution in [3.8, 4) is 11.5 Å². The molecule has 0 saturated carbocycles. The number of nitrogens with one attached hydrogen (secondary N) is 1. The molecule has 0 heterocycles. The zero-order chi connectivity index (χ0) is 14.4. The quantitative estimate of drug-likeness (QED) is 0.818. The molecule has 0 aliphatic heterocycles. The lowest BCUT2D eigenvalue weighted by atomic mass is 10.1. The molecule has 5 nitrogen and oxygen atoms in total. The van der Waals surface area contributed by atoms with Crippen molar-refractivity contribution in [3.63, 3.8) is 0 Å². The maximum Gasteiger partial charge on any atom is 0.224 e. The Labute approximate surface area is 114 Å². The highest BCUT2D eigenvalue weighted by Crippen LogP contribution is 2.29. The van der Waals surface area contributed by atoms with Crippen LogP contribution in [0, 0.1) is 5.92 Å². The first-order valence-corrected chi connectivity index (χ1v) is 6.25. The molecule has 0 aromatic heterocycles. The molecule has 1 rings (SSSR count). The van der Waals surface area contributed by atoms with Crippen molar-refractivity contribution >= 4 is 5.91 Å². The molecule has 2 atom stereocenters. The first-order chi connectivity index (χ1) is 9.03. The second-order valence-electron chi connectivity index (χ2n) is 4.48. The number of carbonyl (C=O) groups excluding carboxylic acids is 1. The molecule has 0 saturated heterocycles. The molecule has 106 valence electrons. The minimum absolute atomic E-state index is 0.0511. The maximum atomic E-state index is 11.8. The predicted octanol–water partition coefficient (Wildman–Crippen LogP) is 1.48. The van der Waals surface area contributed by atoms with Crippen LogP contribution in [0.15, 0.2) is 18.2 Å². The summed E-state index contributed by atoms with van der Waals surface area (Å²) in [6.45, 7) is 4.06. The molecular formula is C14H22N2O3. The van der Waals surface area contributed by atoms with E-state index >= 15 is 0 Å². The fraction of sp³-hybridized carbons (Fsp3) is 0.500. The number of hydrogen-bond acceptors (Lipinski definition) is 4. The predicted molar refractivity (Wildman–Crippen MR) is 74.3 cm³/mol. The van der Waals surface area contributed by atoms with Crippen LogP contribution in [-0.2, 0) is 4.79 Å². The van der Waals surface area contributed by atoms with Crippen LogP contribution in [0.2, 0.25) is 0 Å². The molecule has 3 N–H and O–H groups in total. The van der Waals surface area contributed by atoms with E-state index in [0.29, 0.717) is 18.0 Å². The van der Waals surface area contributed by atoms with Crippen molar-refractivity contribution in [1.29, 1.82) is 0 Å². The lowest BCUT2D eigenvalue weighted by Crippen LogP contribution is -2.34. The van der Waals surface area contributed by atoms with E-state index < -0.39 is 0 Å². The van der Waals surface area contributed by atoms with E-state index in [9.17, 15) is 4.79 Å². The highest BCUT2D eigenvalue weighted by atomic mass is 16.5. The topological polar surface area (TPSA) is 73.6 Å². The Bertz CT molecular complexity index is 435. The third kappa shape index (κ3) is 3.86. The molecule has 0 fully saturated rings. The molecule has 2 unspecified atom stereocenters. The zero-order valence-corrected chi connectivity index (χ0v) is 11.9. The smallest absolute Gasteiger partial charge is 0.224 e. The van der Waals surface area contributed by atoms with Crippen LogP contribution in [0.3, 0.4) is 0 Å². The van der Waals surface area contributed by atoms with E-state index in [-0.39, 0.29) is 17.9 Å². The summed E-state index contributed by atoms with van der Waals surface area (Å²) in [5, 5.41) is 2.92. The van der Waals surface area contributed by atoms with E-state index in [1.54, 1.807) is 21.1 Å². The minimum Gasteiger partial charge on any atom is -0.493 e. The van der Waals surface area contributed by atoms with Gasteiger partial charge in [0.25, 0.3) is 0 Å². The van der Waals surface area contributed by atoms with Gasteiger partial charge in [0, 0.05) is 12.5 Å². The van der Waals surface area contributed by atoms with Gasteiger partial charge < -0.3 is 20.5 Å². The highest BCUT2D eigenvalue weighted by molar-refractivity contribution is 5.78. The van der Waals surface area contributed by atoms with E-state index in [1.165, 1.54) is 0 Å². The fourth-order valence-corrected chi connectivity index (χ4v) is 1.67. The molecular weight excluding hydrogens is 244 g/mol. The Morgan fingerprint density at radius 3 is 2.42 bits per heavy atom. The third-order valence-corrected chi connectivity index (χ3v) is 3.07. The lowest BCUT2D eigenvalue weighted by molar-refractivity contribution is -0.124. The van der Waals surface area contributed by atoms with Gasteiger partial charge in [0.05, 0.1) is 20.3 Å². The van der Waals surface area contributed by atoms with Crippen molar-refractivity contribution in [1.82, 2.24) is 5.32 Å². The monoisotopic (exact) mass is 266 g/mol. The molecule has 0 aliphatic rings. The van der Waals surface area contributed by atoms with Gasteiger partial charge in [0.1, 0.15) is 0 Å². The summed E-state index contributed by atoms with van der Waals surface area (Å²) in [6, 6.07) is 5.47. The van der Waals surface area contributed by atoms with Crippen LogP contribution >= 0.6 is 0 Å². The molecule has 0 spiro atoms. The average molecular weight is 266 g/mol. The summed E-state index contributed by atoms with van der Waals surface area (Å²) in [6.07, 6.45) is 0. The summed E-state index contributed by atoms with van der Waals surface area (Å²) in [7, 11) is 3.17. The number of benzene rings is 1. The summed E-state index contributed by atoms with van der Waals surface area (Å²) in [5.74, 6) is 1.07. The van der Waals surface area contributed by atoms with E-state index in [4.69, 9.17) is 15.2 Å². The molecule has 0 radical (unpaired) electrons. The van der Waals surface area contributed by atoms with E-state index in [1.807, 2.05) is 25.1 Å². The van der Waals surface area contributed by atoms with Gasteiger partial charge >= 0.3 is 0 Å². The summed E-state index contributed by atoms with van der Waals surface area (Å²) in [4.78, 5) is 11.8. The number of nitrogens with two attached hydrogens (primary N) is 1. The van der Waals surface area contributed by atoms with Crippen molar-refractivity contribution in [2.24, 2.45) is 11.7 Å². The Kier molecular flexibility index (Phi) is 5.63. The molecule has 1 amide bonds. The van der Waals surface area contributed by atoms with Crippen molar-refractivity contribution in [3.05, 3.63) is 23.8 Å². The largest absolute Gasteiger partial charge is 0.493 e. The summed E-state index contributed by atoms with van der Waals surface area (Å²) >= 11 is 0. The fourth-order valence-electron chi connectivity index (χ4n) is 1.67. The first-order valence-electron chi connectivity index (χ1n) is 6.25. The van der Waals surface area contributed by atoms with Crippen molar-refractivity contribution < 1.29 is 14.3 Å². The van der Waals surface area contributed by atoms with E-state index in [2.05, 4.69) is 5.32 Å². The SMILES string of the molecule is COc1ccc(C(C)NC(=O)C(C)CN)cc1OC. The lowest BCUT2D eigenvalue weighted by Gasteiger charge is -2.18. The number of carbonyl (C=O) groups is 1. The highest BCUT2D eigenvalue weighted by Gasteiger charge is 2.16. The van der Waals surface area contributed by atoms with Gasteiger partial charge in [-0.2, -0.15) is 0 Å². The number of hydrogen-bond donors (Lipinski definition) is 2. The second-order valence-corrected chi connectivity index (χ2v) is 4.48. The number of amides is 1. The minimum atomic E-state index is -0.192. The molecule has 5 heteroatoms. The Morgan fingerprint density at radius 2 is 1.89 bits per heavy atom. The first kappa shape index (κ1) is 15.3.